The number of carbonyl (C=O) groups is 1. The molecule has 0 spiro atoms. The van der Waals surface area contributed by atoms with Crippen molar-refractivity contribution in [3.63, 3.8) is 0 Å². The number of amides is 2. The van der Waals surface area contributed by atoms with Crippen LogP contribution in [0.25, 0.3) is 21.6 Å². The molecule has 4 aromatic rings. The number of urea groups is 1. The number of thiazole rings is 1. The molecule has 1 aliphatic heterocycles. The normalized spacial score (nSPS) is 15.8. The Bertz CT molecular complexity index is 1550. The second kappa shape index (κ2) is 10.3. The molecule has 39 heavy (non-hydrogen) atoms. The van der Waals surface area contributed by atoms with Crippen molar-refractivity contribution >= 4 is 45.7 Å². The van der Waals surface area contributed by atoms with Crippen molar-refractivity contribution in [3.8, 4) is 10.6 Å². The minimum absolute atomic E-state index is 0.0800. The lowest BCUT2D eigenvalue weighted by atomic mass is 10.1. The summed E-state index contributed by atoms with van der Waals surface area (Å²) in [5.74, 6) is 0.465. The van der Waals surface area contributed by atoms with Crippen LogP contribution < -0.4 is 26.4 Å². The van der Waals surface area contributed by atoms with Crippen LogP contribution in [0.15, 0.2) is 35.0 Å². The number of rotatable bonds is 6. The Morgan fingerprint density at radius 3 is 2.69 bits per heavy atom. The number of hydrogen-bond acceptors (Lipinski definition) is 9. The number of anilines is 3. The lowest BCUT2D eigenvalue weighted by Gasteiger charge is -2.22. The van der Waals surface area contributed by atoms with Crippen LogP contribution in [0.5, 0.6) is 0 Å². The molecule has 0 saturated carbocycles. The summed E-state index contributed by atoms with van der Waals surface area (Å²) >= 11 is 1.47. The molecule has 4 aromatic heterocycles. The average Bonchev–Trinajstić information content (AvgIpc) is 3.64. The van der Waals surface area contributed by atoms with Crippen LogP contribution in [-0.2, 0) is 5.54 Å². The number of nitrogens with zero attached hydrogens (tertiary/aromatic N) is 7. The van der Waals surface area contributed by atoms with Gasteiger partial charge in [-0.15, -0.1) is 11.3 Å². The summed E-state index contributed by atoms with van der Waals surface area (Å²) in [6.07, 6.45) is 6.04. The van der Waals surface area contributed by atoms with Gasteiger partial charge in [0.05, 0.1) is 21.6 Å². The molecule has 206 valence electrons. The first-order chi connectivity index (χ1) is 18.5. The highest BCUT2D eigenvalue weighted by Gasteiger charge is 2.28. The van der Waals surface area contributed by atoms with Gasteiger partial charge in [-0.1, -0.05) is 0 Å². The molecular formula is C26H34N10O2S. The van der Waals surface area contributed by atoms with Gasteiger partial charge in [0.15, 0.2) is 0 Å². The second-order valence-corrected chi connectivity index (χ2v) is 11.8. The smallest absolute Gasteiger partial charge is 0.319 e. The van der Waals surface area contributed by atoms with Gasteiger partial charge in [0.2, 0.25) is 5.95 Å². The Morgan fingerprint density at radius 1 is 1.23 bits per heavy atom. The number of pyridine rings is 1. The Morgan fingerprint density at radius 2 is 2.03 bits per heavy atom. The molecule has 12 nitrogen and oxygen atoms in total. The van der Waals surface area contributed by atoms with E-state index in [1.54, 1.807) is 29.5 Å². The number of hydrogen-bond donors (Lipinski definition) is 3. The quantitative estimate of drug-likeness (QED) is 0.329. The first-order valence-corrected chi connectivity index (χ1v) is 13.8. The molecular weight excluding hydrogens is 516 g/mol. The molecule has 2 amide bonds. The molecule has 0 radical (unpaired) electrons. The van der Waals surface area contributed by atoms with E-state index < -0.39 is 0 Å². The van der Waals surface area contributed by atoms with Crippen molar-refractivity contribution in [1.29, 1.82) is 0 Å². The monoisotopic (exact) mass is 550 g/mol. The number of fused-ring (bicyclic) bond motifs is 1. The SMILES string of the molecule is CNc1ncc2cc(N3CCC(NC(=O)Nc4cn(C(C)(C)C)nc4-c4cncs4)C3)c(=O)n(C(C)C)c2n1. The van der Waals surface area contributed by atoms with Crippen LogP contribution in [0.1, 0.15) is 47.1 Å². The second-order valence-electron chi connectivity index (χ2n) is 10.9. The maximum absolute atomic E-state index is 13.5. The minimum Gasteiger partial charge on any atom is -0.365 e. The van der Waals surface area contributed by atoms with Crippen molar-refractivity contribution in [1.82, 2.24) is 34.6 Å². The van der Waals surface area contributed by atoms with Crippen LogP contribution in [0.4, 0.5) is 22.1 Å². The first-order valence-electron chi connectivity index (χ1n) is 13.0. The molecule has 1 saturated heterocycles. The largest absolute Gasteiger partial charge is 0.365 e. The third-order valence-electron chi connectivity index (χ3n) is 6.67. The topological polar surface area (TPSA) is 135 Å². The van der Waals surface area contributed by atoms with Crippen LogP contribution >= 0.6 is 11.3 Å². The zero-order chi connectivity index (χ0) is 27.9. The van der Waals surface area contributed by atoms with Gasteiger partial charge in [-0.05, 0) is 47.1 Å². The van der Waals surface area contributed by atoms with Gasteiger partial charge in [-0.25, -0.2) is 9.78 Å². The van der Waals surface area contributed by atoms with Crippen molar-refractivity contribution < 1.29 is 4.79 Å². The van der Waals surface area contributed by atoms with Gasteiger partial charge < -0.3 is 20.9 Å². The van der Waals surface area contributed by atoms with E-state index in [-0.39, 0.29) is 29.2 Å². The maximum Gasteiger partial charge on any atom is 0.319 e. The molecule has 13 heteroatoms. The lowest BCUT2D eigenvalue weighted by molar-refractivity contribution is 0.249. The summed E-state index contributed by atoms with van der Waals surface area (Å²) in [5, 5.41) is 14.5. The van der Waals surface area contributed by atoms with Crippen molar-refractivity contribution in [3.05, 3.63) is 40.5 Å². The lowest BCUT2D eigenvalue weighted by Crippen LogP contribution is -2.40. The van der Waals surface area contributed by atoms with E-state index in [0.29, 0.717) is 48.2 Å². The third kappa shape index (κ3) is 5.31. The van der Waals surface area contributed by atoms with Crippen molar-refractivity contribution in [2.24, 2.45) is 0 Å². The highest BCUT2D eigenvalue weighted by Crippen LogP contribution is 2.31. The van der Waals surface area contributed by atoms with E-state index in [1.807, 2.05) is 35.7 Å². The molecule has 0 bridgehead atoms. The van der Waals surface area contributed by atoms with Gasteiger partial charge in [0, 0.05) is 56.2 Å². The van der Waals surface area contributed by atoms with E-state index >= 15 is 0 Å². The molecule has 1 aliphatic rings. The summed E-state index contributed by atoms with van der Waals surface area (Å²) in [6.45, 7) is 11.3. The van der Waals surface area contributed by atoms with E-state index in [2.05, 4.69) is 51.7 Å². The minimum atomic E-state index is -0.313. The molecule has 0 aliphatic carbocycles. The van der Waals surface area contributed by atoms with Gasteiger partial charge in [-0.3, -0.25) is 19.0 Å². The molecule has 1 unspecified atom stereocenters. The predicted octanol–water partition coefficient (Wildman–Crippen LogP) is 3.89. The highest BCUT2D eigenvalue weighted by molar-refractivity contribution is 7.13. The van der Waals surface area contributed by atoms with Crippen LogP contribution in [0.2, 0.25) is 0 Å². The Hall–Kier alpha value is -4.00. The van der Waals surface area contributed by atoms with E-state index in [1.165, 1.54) is 11.3 Å². The molecule has 5 heterocycles. The first kappa shape index (κ1) is 26.6. The fourth-order valence-electron chi connectivity index (χ4n) is 4.70. The fraction of sp³-hybridized carbons (Fsp3) is 0.462. The van der Waals surface area contributed by atoms with Gasteiger partial charge in [0.1, 0.15) is 17.0 Å². The summed E-state index contributed by atoms with van der Waals surface area (Å²) in [6, 6.07) is 1.33. The highest BCUT2D eigenvalue weighted by atomic mass is 32.1. The van der Waals surface area contributed by atoms with Crippen LogP contribution in [0.3, 0.4) is 0 Å². The molecule has 5 rings (SSSR count). The number of nitrogens with one attached hydrogen (secondary N) is 3. The third-order valence-corrected chi connectivity index (χ3v) is 7.45. The van der Waals surface area contributed by atoms with E-state index in [0.717, 1.165) is 10.3 Å². The molecule has 1 atom stereocenters. The van der Waals surface area contributed by atoms with Gasteiger partial charge >= 0.3 is 6.03 Å². The Balaban J connectivity index is 1.34. The Kier molecular flexibility index (Phi) is 7.02. The number of aromatic nitrogens is 6. The average molecular weight is 551 g/mol. The van der Waals surface area contributed by atoms with Crippen LogP contribution in [-0.4, -0.2) is 61.5 Å². The van der Waals surface area contributed by atoms with Crippen molar-refractivity contribution in [2.75, 3.05) is 35.7 Å². The standard InChI is InChI=1S/C26H34N10O2S/c1-15(2)36-22-16(10-29-24(27-6)32-22)9-19(23(36)37)34-8-7-17(12-34)30-25(38)31-18-13-35(26(3,4)5)33-21(18)20-11-28-14-39-20/h9-11,13-15,17H,7-8,12H2,1-6H3,(H,27,29,32)(H2,30,31,38). The van der Waals surface area contributed by atoms with E-state index in [9.17, 15) is 9.59 Å². The van der Waals surface area contributed by atoms with Gasteiger partial charge in [-0.2, -0.15) is 10.1 Å². The summed E-state index contributed by atoms with van der Waals surface area (Å²) < 4.78 is 3.55. The molecule has 1 fully saturated rings. The summed E-state index contributed by atoms with van der Waals surface area (Å²) in [7, 11) is 1.75. The maximum atomic E-state index is 13.5. The molecule has 3 N–H and O–H groups in total. The summed E-state index contributed by atoms with van der Waals surface area (Å²) in [5.41, 5.74) is 3.88. The van der Waals surface area contributed by atoms with E-state index in [4.69, 9.17) is 5.10 Å². The van der Waals surface area contributed by atoms with Gasteiger partial charge in [0.25, 0.3) is 5.56 Å². The Labute approximate surface area is 230 Å². The zero-order valence-corrected chi connectivity index (χ0v) is 23.8. The summed E-state index contributed by atoms with van der Waals surface area (Å²) in [4.78, 5) is 42.5. The zero-order valence-electron chi connectivity index (χ0n) is 23.0. The van der Waals surface area contributed by atoms with Crippen molar-refractivity contribution in [2.45, 2.75) is 58.7 Å². The predicted molar refractivity (Wildman–Crippen MR) is 155 cm³/mol. The fourth-order valence-corrected chi connectivity index (χ4v) is 5.32. The molecule has 0 aromatic carbocycles. The van der Waals surface area contributed by atoms with Crippen LogP contribution in [0, 0.1) is 0 Å². The number of carbonyl (C=O) groups excluding carboxylic acids is 1.